The van der Waals surface area contributed by atoms with E-state index in [2.05, 4.69) is 15.9 Å². The second kappa shape index (κ2) is 5.98. The zero-order valence-electron chi connectivity index (χ0n) is 11.9. The van der Waals surface area contributed by atoms with Gasteiger partial charge in [-0.25, -0.2) is 0 Å². The van der Waals surface area contributed by atoms with E-state index in [1.807, 2.05) is 62.4 Å². The first-order valence-corrected chi connectivity index (χ1v) is 7.33. The monoisotopic (exact) mass is 334 g/mol. The second-order valence-corrected chi connectivity index (χ2v) is 6.29. The van der Waals surface area contributed by atoms with Crippen LogP contribution in [0.25, 0.3) is 0 Å². The van der Waals surface area contributed by atoms with Crippen molar-refractivity contribution in [2.24, 2.45) is 0 Å². The van der Waals surface area contributed by atoms with Crippen molar-refractivity contribution in [2.75, 3.05) is 7.11 Å². The third-order valence-corrected chi connectivity index (χ3v) is 4.18. The van der Waals surface area contributed by atoms with Gasteiger partial charge in [-0.3, -0.25) is 0 Å². The van der Waals surface area contributed by atoms with E-state index in [9.17, 15) is 5.11 Å². The molecule has 0 fully saturated rings. The first-order chi connectivity index (χ1) is 9.46. The Labute approximate surface area is 128 Å². The molecule has 106 valence electrons. The first-order valence-electron chi connectivity index (χ1n) is 6.54. The van der Waals surface area contributed by atoms with Crippen LogP contribution in [-0.2, 0) is 5.41 Å². The molecule has 2 rings (SSSR count). The van der Waals surface area contributed by atoms with Crippen molar-refractivity contribution in [2.45, 2.75) is 25.4 Å². The zero-order valence-corrected chi connectivity index (χ0v) is 13.5. The second-order valence-electron chi connectivity index (χ2n) is 5.38. The molecular weight excluding hydrogens is 316 g/mol. The largest absolute Gasteiger partial charge is 0.496 e. The van der Waals surface area contributed by atoms with E-state index >= 15 is 0 Å². The Hall–Kier alpha value is -1.32. The summed E-state index contributed by atoms with van der Waals surface area (Å²) >= 11 is 3.45. The molecule has 0 aromatic heterocycles. The maximum absolute atomic E-state index is 10.8. The first kappa shape index (κ1) is 15.1. The van der Waals surface area contributed by atoms with E-state index in [1.54, 1.807) is 7.11 Å². The molecule has 0 radical (unpaired) electrons. The van der Waals surface area contributed by atoms with Crippen molar-refractivity contribution in [3.8, 4) is 5.75 Å². The summed E-state index contributed by atoms with van der Waals surface area (Å²) in [4.78, 5) is 0. The lowest BCUT2D eigenvalue weighted by Crippen LogP contribution is -2.27. The third kappa shape index (κ3) is 2.89. The van der Waals surface area contributed by atoms with Gasteiger partial charge in [0.05, 0.1) is 13.2 Å². The van der Waals surface area contributed by atoms with Gasteiger partial charge < -0.3 is 9.84 Å². The molecule has 0 amide bonds. The highest BCUT2D eigenvalue weighted by Gasteiger charge is 2.32. The minimum Gasteiger partial charge on any atom is -0.496 e. The van der Waals surface area contributed by atoms with Crippen LogP contribution in [-0.4, -0.2) is 12.2 Å². The van der Waals surface area contributed by atoms with Gasteiger partial charge in [-0.15, -0.1) is 0 Å². The maximum Gasteiger partial charge on any atom is 0.124 e. The van der Waals surface area contributed by atoms with Crippen LogP contribution in [0.5, 0.6) is 5.75 Å². The van der Waals surface area contributed by atoms with E-state index in [0.29, 0.717) is 5.75 Å². The lowest BCUT2D eigenvalue weighted by Gasteiger charge is -2.32. The molecule has 0 spiro atoms. The van der Waals surface area contributed by atoms with Gasteiger partial charge in [-0.2, -0.15) is 0 Å². The van der Waals surface area contributed by atoms with Crippen LogP contribution in [0.3, 0.4) is 0 Å². The van der Waals surface area contributed by atoms with Crippen molar-refractivity contribution in [3.05, 3.63) is 64.1 Å². The van der Waals surface area contributed by atoms with Gasteiger partial charge in [-0.1, -0.05) is 60.1 Å². The molecule has 3 heteroatoms. The summed E-state index contributed by atoms with van der Waals surface area (Å²) in [5.41, 5.74) is 1.47. The van der Waals surface area contributed by atoms with Gasteiger partial charge >= 0.3 is 0 Å². The smallest absolute Gasteiger partial charge is 0.124 e. The fourth-order valence-corrected chi connectivity index (χ4v) is 2.71. The predicted molar refractivity (Wildman–Crippen MR) is 85.1 cm³/mol. The number of hydrogen-bond donors (Lipinski definition) is 1. The summed E-state index contributed by atoms with van der Waals surface area (Å²) in [7, 11) is 1.62. The van der Waals surface area contributed by atoms with Gasteiger partial charge in [0.1, 0.15) is 5.75 Å². The van der Waals surface area contributed by atoms with E-state index in [4.69, 9.17) is 4.74 Å². The third-order valence-electron chi connectivity index (χ3n) is 3.69. The summed E-state index contributed by atoms with van der Waals surface area (Å²) in [6, 6.07) is 15.7. The van der Waals surface area contributed by atoms with Crippen molar-refractivity contribution in [1.29, 1.82) is 0 Å². The molecule has 0 bridgehead atoms. The Morgan fingerprint density at radius 1 is 1.10 bits per heavy atom. The van der Waals surface area contributed by atoms with Crippen LogP contribution in [0.2, 0.25) is 0 Å². The quantitative estimate of drug-likeness (QED) is 0.893. The molecule has 0 aliphatic rings. The van der Waals surface area contributed by atoms with E-state index in [1.165, 1.54) is 0 Å². The van der Waals surface area contributed by atoms with Crippen molar-refractivity contribution in [3.63, 3.8) is 0 Å². The number of halogens is 1. The average Bonchev–Trinajstić information content (AvgIpc) is 2.47. The normalized spacial score (nSPS) is 13.1. The summed E-state index contributed by atoms with van der Waals surface area (Å²) in [5.74, 6) is 0.699. The predicted octanol–water partition coefficient (Wildman–Crippen LogP) is 4.47. The number of benzene rings is 2. The Balaban J connectivity index is 2.45. The average molecular weight is 335 g/mol. The minimum atomic E-state index is -0.655. The van der Waals surface area contributed by atoms with Crippen LogP contribution in [0.4, 0.5) is 0 Å². The van der Waals surface area contributed by atoms with Gasteiger partial charge in [-0.05, 0) is 23.8 Å². The van der Waals surface area contributed by atoms with Crippen molar-refractivity contribution < 1.29 is 9.84 Å². The molecule has 2 aromatic carbocycles. The summed E-state index contributed by atoms with van der Waals surface area (Å²) in [6.45, 7) is 4.07. The van der Waals surface area contributed by atoms with Crippen LogP contribution in [0.15, 0.2) is 53.0 Å². The lowest BCUT2D eigenvalue weighted by molar-refractivity contribution is 0.0974. The molecule has 2 aromatic rings. The maximum atomic E-state index is 10.8. The Morgan fingerprint density at radius 3 is 2.35 bits per heavy atom. The molecule has 0 saturated heterocycles. The summed E-state index contributed by atoms with van der Waals surface area (Å²) in [6.07, 6.45) is -0.655. The molecule has 1 unspecified atom stereocenters. The molecule has 0 saturated carbocycles. The van der Waals surface area contributed by atoms with E-state index < -0.39 is 11.5 Å². The number of ether oxygens (including phenoxy) is 1. The van der Waals surface area contributed by atoms with Gasteiger partial charge in [0.25, 0.3) is 0 Å². The Kier molecular flexibility index (Phi) is 4.51. The topological polar surface area (TPSA) is 29.5 Å². The Bertz CT molecular complexity index is 579. The molecule has 0 heterocycles. The number of aliphatic hydroxyl groups excluding tert-OH is 1. The van der Waals surface area contributed by atoms with Crippen LogP contribution >= 0.6 is 15.9 Å². The fourth-order valence-electron chi connectivity index (χ4n) is 2.33. The molecule has 20 heavy (non-hydrogen) atoms. The number of methoxy groups -OCH3 is 1. The highest BCUT2D eigenvalue weighted by atomic mass is 79.9. The summed E-state index contributed by atoms with van der Waals surface area (Å²) < 4.78 is 6.30. The van der Waals surface area contributed by atoms with E-state index in [-0.39, 0.29) is 0 Å². The number of rotatable bonds is 4. The van der Waals surface area contributed by atoms with Crippen LogP contribution < -0.4 is 4.74 Å². The SMILES string of the molecule is COc1ccc(Br)cc1C(O)C(C)(C)c1ccccc1. The molecule has 1 N–H and O–H groups in total. The van der Waals surface area contributed by atoms with Gasteiger partial charge in [0.15, 0.2) is 0 Å². The molecule has 0 aliphatic carbocycles. The summed E-state index contributed by atoms with van der Waals surface area (Å²) in [5, 5.41) is 10.8. The highest BCUT2D eigenvalue weighted by molar-refractivity contribution is 9.10. The molecule has 0 aliphatic heterocycles. The number of hydrogen-bond acceptors (Lipinski definition) is 2. The zero-order chi connectivity index (χ0) is 14.8. The van der Waals surface area contributed by atoms with Gasteiger partial charge in [0, 0.05) is 15.5 Å². The van der Waals surface area contributed by atoms with E-state index in [0.717, 1.165) is 15.6 Å². The van der Waals surface area contributed by atoms with Crippen molar-refractivity contribution in [1.82, 2.24) is 0 Å². The molecular formula is C17H19BrO2. The van der Waals surface area contributed by atoms with Gasteiger partial charge in [0.2, 0.25) is 0 Å². The minimum absolute atomic E-state index is 0.407. The number of aliphatic hydroxyl groups is 1. The highest BCUT2D eigenvalue weighted by Crippen LogP contribution is 2.41. The van der Waals surface area contributed by atoms with Crippen molar-refractivity contribution >= 4 is 15.9 Å². The van der Waals surface area contributed by atoms with Crippen LogP contribution in [0, 0.1) is 0 Å². The molecule has 1 atom stereocenters. The lowest BCUT2D eigenvalue weighted by atomic mass is 9.76. The Morgan fingerprint density at radius 2 is 1.75 bits per heavy atom. The standard InChI is InChI=1S/C17H19BrO2/c1-17(2,12-7-5-4-6-8-12)16(19)14-11-13(18)9-10-15(14)20-3/h4-11,16,19H,1-3H3. The van der Waals surface area contributed by atoms with Crippen LogP contribution in [0.1, 0.15) is 31.1 Å². The fraction of sp³-hybridized carbons (Fsp3) is 0.294. The molecule has 2 nitrogen and oxygen atoms in total.